The summed E-state index contributed by atoms with van der Waals surface area (Å²) >= 11 is 4.74. The number of esters is 1. The highest BCUT2D eigenvalue weighted by atomic mass is 32.1. The van der Waals surface area contributed by atoms with Gasteiger partial charge in [-0.1, -0.05) is 0 Å². The molecule has 0 saturated carbocycles. The molecule has 1 aromatic heterocycles. The number of nitrogens with one attached hydrogen (secondary N) is 2. The highest BCUT2D eigenvalue weighted by Crippen LogP contribution is 1.93. The Hall–Kier alpha value is -1.43. The Kier molecular flexibility index (Phi) is 3.58. The normalized spacial score (nSPS) is 9.79. The molecule has 0 aliphatic carbocycles. The minimum Gasteiger partial charge on any atom is -0.466 e. The van der Waals surface area contributed by atoms with Crippen molar-refractivity contribution in [1.29, 1.82) is 0 Å². The molecule has 0 amide bonds. The van der Waals surface area contributed by atoms with Crippen molar-refractivity contribution < 1.29 is 9.53 Å². The van der Waals surface area contributed by atoms with Gasteiger partial charge >= 0.3 is 5.97 Å². The maximum Gasteiger partial charge on any atom is 0.311 e. The number of hydrogen-bond donors (Lipinski definition) is 2. The van der Waals surface area contributed by atoms with E-state index in [0.717, 1.165) is 0 Å². The van der Waals surface area contributed by atoms with Crippen molar-refractivity contribution in [3.63, 3.8) is 0 Å². The quantitative estimate of drug-likeness (QED) is 0.568. The average molecular weight is 214 g/mol. The summed E-state index contributed by atoms with van der Waals surface area (Å²) in [6.45, 7) is 2.04. The number of rotatable bonds is 3. The summed E-state index contributed by atoms with van der Waals surface area (Å²) in [5.74, 6) is -0.385. The summed E-state index contributed by atoms with van der Waals surface area (Å²) in [4.78, 5) is 27.1. The van der Waals surface area contributed by atoms with Crippen LogP contribution in [0, 0.1) is 4.77 Å². The predicted octanol–water partition coefficient (Wildman–Crippen LogP) is 0.538. The zero-order valence-electron chi connectivity index (χ0n) is 7.62. The van der Waals surface area contributed by atoms with Crippen LogP contribution in [0.1, 0.15) is 12.6 Å². The smallest absolute Gasteiger partial charge is 0.311 e. The summed E-state index contributed by atoms with van der Waals surface area (Å²) in [5, 5.41) is 0. The van der Waals surface area contributed by atoms with Gasteiger partial charge in [0.1, 0.15) is 0 Å². The summed E-state index contributed by atoms with van der Waals surface area (Å²) in [7, 11) is 0. The average Bonchev–Trinajstić information content (AvgIpc) is 2.01. The molecule has 1 heterocycles. The lowest BCUT2D eigenvalue weighted by molar-refractivity contribution is -0.142. The lowest BCUT2D eigenvalue weighted by Crippen LogP contribution is -2.13. The maximum absolute atomic E-state index is 11.0. The largest absolute Gasteiger partial charge is 0.466 e. The summed E-state index contributed by atoms with van der Waals surface area (Å²) < 4.78 is 4.93. The van der Waals surface area contributed by atoms with Crippen molar-refractivity contribution in [2.45, 2.75) is 13.3 Å². The molecule has 0 spiro atoms. The molecule has 2 N–H and O–H groups in total. The second-order valence-corrected chi connectivity index (χ2v) is 3.00. The summed E-state index contributed by atoms with van der Waals surface area (Å²) in [6, 6.07) is 1.28. The van der Waals surface area contributed by atoms with Gasteiger partial charge in [0.15, 0.2) is 4.77 Å². The van der Waals surface area contributed by atoms with E-state index in [9.17, 15) is 9.59 Å². The number of ether oxygens (including phenoxy) is 1. The Labute approximate surface area is 85.1 Å². The molecule has 6 heteroatoms. The van der Waals surface area contributed by atoms with Crippen LogP contribution in [-0.4, -0.2) is 22.5 Å². The molecule has 76 valence electrons. The van der Waals surface area contributed by atoms with Crippen LogP contribution < -0.4 is 5.56 Å². The minimum atomic E-state index is -0.385. The second-order valence-electron chi connectivity index (χ2n) is 2.59. The van der Waals surface area contributed by atoms with Crippen LogP contribution in [0.4, 0.5) is 0 Å². The molecule has 0 radical (unpaired) electrons. The van der Waals surface area contributed by atoms with Gasteiger partial charge in [-0.2, -0.15) is 0 Å². The summed E-state index contributed by atoms with van der Waals surface area (Å²) in [5.41, 5.74) is 0.130. The molecular formula is C8H10N2O3S. The molecule has 0 fully saturated rings. The van der Waals surface area contributed by atoms with Crippen LogP contribution in [0.5, 0.6) is 0 Å². The second kappa shape index (κ2) is 4.71. The molecule has 0 aliphatic heterocycles. The molecular weight excluding hydrogens is 204 g/mol. The Bertz CT molecular complexity index is 406. The lowest BCUT2D eigenvalue weighted by Gasteiger charge is -2.00. The van der Waals surface area contributed by atoms with E-state index in [1.165, 1.54) is 6.07 Å². The van der Waals surface area contributed by atoms with E-state index in [-0.39, 0.29) is 22.7 Å². The van der Waals surface area contributed by atoms with Crippen molar-refractivity contribution in [3.05, 3.63) is 26.9 Å². The van der Waals surface area contributed by atoms with Gasteiger partial charge in [0, 0.05) is 11.8 Å². The third kappa shape index (κ3) is 3.14. The molecule has 1 rings (SSSR count). The third-order valence-corrected chi connectivity index (χ3v) is 1.66. The van der Waals surface area contributed by atoms with E-state index in [1.807, 2.05) is 0 Å². The lowest BCUT2D eigenvalue weighted by atomic mass is 10.3. The third-order valence-electron chi connectivity index (χ3n) is 1.46. The van der Waals surface area contributed by atoms with Gasteiger partial charge in [-0.15, -0.1) is 0 Å². The highest BCUT2D eigenvalue weighted by Gasteiger charge is 2.04. The van der Waals surface area contributed by atoms with Crippen LogP contribution in [0.25, 0.3) is 0 Å². The number of carbonyl (C=O) groups excluding carboxylic acids is 1. The molecule has 0 saturated heterocycles. The zero-order chi connectivity index (χ0) is 10.6. The van der Waals surface area contributed by atoms with Crippen LogP contribution in [0.2, 0.25) is 0 Å². The van der Waals surface area contributed by atoms with E-state index in [1.54, 1.807) is 6.92 Å². The SMILES string of the molecule is CCOC(=O)Cc1cc(=O)[nH]c(=S)[nH]1. The van der Waals surface area contributed by atoms with E-state index >= 15 is 0 Å². The number of aromatic amines is 2. The van der Waals surface area contributed by atoms with Gasteiger partial charge in [0.2, 0.25) is 0 Å². The van der Waals surface area contributed by atoms with Crippen molar-refractivity contribution in [3.8, 4) is 0 Å². The number of H-pyrrole nitrogens is 2. The van der Waals surface area contributed by atoms with Crippen molar-refractivity contribution >= 4 is 18.2 Å². The van der Waals surface area contributed by atoms with Crippen LogP contribution in [0.3, 0.4) is 0 Å². The number of carbonyl (C=O) groups is 1. The van der Waals surface area contributed by atoms with Gasteiger partial charge in [-0.05, 0) is 19.1 Å². The molecule has 0 aliphatic rings. The summed E-state index contributed by atoms with van der Waals surface area (Å²) in [6.07, 6.45) is 0.0292. The van der Waals surface area contributed by atoms with Crippen molar-refractivity contribution in [1.82, 2.24) is 9.97 Å². The van der Waals surface area contributed by atoms with Crippen LogP contribution >= 0.6 is 12.2 Å². The number of hydrogen-bond acceptors (Lipinski definition) is 4. The fourth-order valence-corrected chi connectivity index (χ4v) is 1.21. The molecule has 0 unspecified atom stereocenters. The molecule has 0 atom stereocenters. The number of aromatic nitrogens is 2. The van der Waals surface area contributed by atoms with Crippen molar-refractivity contribution in [2.24, 2.45) is 0 Å². The first kappa shape index (κ1) is 10.6. The monoisotopic (exact) mass is 214 g/mol. The molecule has 0 aromatic carbocycles. The molecule has 1 aromatic rings. The highest BCUT2D eigenvalue weighted by molar-refractivity contribution is 7.71. The van der Waals surface area contributed by atoms with Crippen LogP contribution in [-0.2, 0) is 16.0 Å². The molecule has 0 bridgehead atoms. The zero-order valence-corrected chi connectivity index (χ0v) is 8.44. The van der Waals surface area contributed by atoms with Crippen LogP contribution in [0.15, 0.2) is 10.9 Å². The minimum absolute atomic E-state index is 0.0292. The Morgan fingerprint density at radius 1 is 1.57 bits per heavy atom. The fourth-order valence-electron chi connectivity index (χ4n) is 0.982. The van der Waals surface area contributed by atoms with Gasteiger partial charge in [0.05, 0.1) is 13.0 Å². The molecule has 14 heavy (non-hydrogen) atoms. The van der Waals surface area contributed by atoms with Crippen molar-refractivity contribution in [2.75, 3.05) is 6.61 Å². The maximum atomic E-state index is 11.0. The van der Waals surface area contributed by atoms with Gasteiger partial charge in [-0.3, -0.25) is 14.6 Å². The molecule has 5 nitrogen and oxygen atoms in total. The van der Waals surface area contributed by atoms with E-state index in [4.69, 9.17) is 17.0 Å². The topological polar surface area (TPSA) is 75.0 Å². The van der Waals surface area contributed by atoms with E-state index in [0.29, 0.717) is 12.3 Å². The predicted molar refractivity (Wildman–Crippen MR) is 52.6 cm³/mol. The Balaban J connectivity index is 2.82. The van der Waals surface area contributed by atoms with E-state index in [2.05, 4.69) is 9.97 Å². The van der Waals surface area contributed by atoms with Gasteiger partial charge in [-0.25, -0.2) is 0 Å². The van der Waals surface area contributed by atoms with Gasteiger partial charge in [0.25, 0.3) is 5.56 Å². The fraction of sp³-hybridized carbons (Fsp3) is 0.375. The standard InChI is InChI=1S/C8H10N2O3S/c1-2-13-7(12)4-5-3-6(11)10-8(14)9-5/h3H,2,4H2,1H3,(H2,9,10,11,14). The first-order valence-electron chi connectivity index (χ1n) is 4.10. The first-order chi connectivity index (χ1) is 6.61. The Morgan fingerprint density at radius 2 is 2.29 bits per heavy atom. The Morgan fingerprint density at radius 3 is 2.86 bits per heavy atom. The van der Waals surface area contributed by atoms with E-state index < -0.39 is 0 Å². The van der Waals surface area contributed by atoms with Gasteiger partial charge < -0.3 is 9.72 Å². The first-order valence-corrected chi connectivity index (χ1v) is 4.50.